The van der Waals surface area contributed by atoms with E-state index in [1.165, 1.54) is 19.4 Å². The standard InChI is InChI=1S/C26H27F3N6O3/c1-37-24(36)17-4-6-18(7-5-17)31-22-19-8-11-34(23-20(26(27,28)29)3-2-10-30-23)12-9-21(19)32-25(33-22)35-13-15-38-16-14-35/h2-7,10H,8-9,11-16H2,1H3,(H,31,32,33). The van der Waals surface area contributed by atoms with Gasteiger partial charge in [-0.25, -0.2) is 14.8 Å². The first-order valence-corrected chi connectivity index (χ1v) is 12.3. The maximum atomic E-state index is 13.7. The molecule has 38 heavy (non-hydrogen) atoms. The Hall–Kier alpha value is -3.93. The van der Waals surface area contributed by atoms with Gasteiger partial charge < -0.3 is 24.6 Å². The Balaban J connectivity index is 1.47. The number of esters is 1. The van der Waals surface area contributed by atoms with Gasteiger partial charge in [0.15, 0.2) is 0 Å². The summed E-state index contributed by atoms with van der Waals surface area (Å²) < 4.78 is 51.3. The molecule has 1 N–H and O–H groups in total. The molecule has 0 saturated carbocycles. The van der Waals surface area contributed by atoms with Crippen molar-refractivity contribution in [2.45, 2.75) is 19.0 Å². The highest BCUT2D eigenvalue weighted by Gasteiger charge is 2.36. The van der Waals surface area contributed by atoms with Crippen LogP contribution in [0.15, 0.2) is 42.6 Å². The summed E-state index contributed by atoms with van der Waals surface area (Å²) in [6, 6.07) is 9.16. The van der Waals surface area contributed by atoms with Crippen molar-refractivity contribution in [3.8, 4) is 0 Å². The topological polar surface area (TPSA) is 92.7 Å². The summed E-state index contributed by atoms with van der Waals surface area (Å²) in [5.74, 6) is 0.612. The Labute approximate surface area is 217 Å². The summed E-state index contributed by atoms with van der Waals surface area (Å²) in [6.07, 6.45) is -2.27. The molecule has 0 amide bonds. The van der Waals surface area contributed by atoms with Crippen molar-refractivity contribution >= 4 is 29.2 Å². The minimum absolute atomic E-state index is 0.0814. The van der Waals surface area contributed by atoms with Crippen LogP contribution in [0.2, 0.25) is 0 Å². The average molecular weight is 529 g/mol. The fourth-order valence-corrected chi connectivity index (χ4v) is 4.62. The second-order valence-corrected chi connectivity index (χ2v) is 8.95. The summed E-state index contributed by atoms with van der Waals surface area (Å²) in [7, 11) is 1.32. The molecule has 0 unspecified atom stereocenters. The second-order valence-electron chi connectivity index (χ2n) is 8.95. The number of alkyl halides is 3. The van der Waals surface area contributed by atoms with E-state index in [4.69, 9.17) is 19.4 Å². The lowest BCUT2D eigenvalue weighted by Crippen LogP contribution is -2.37. The first-order valence-electron chi connectivity index (χ1n) is 12.3. The van der Waals surface area contributed by atoms with Crippen LogP contribution in [0.4, 0.5) is 36.4 Å². The Morgan fingerprint density at radius 1 is 1.00 bits per heavy atom. The van der Waals surface area contributed by atoms with Gasteiger partial charge in [0.2, 0.25) is 5.95 Å². The minimum atomic E-state index is -4.50. The van der Waals surface area contributed by atoms with Crippen LogP contribution in [-0.2, 0) is 28.5 Å². The number of morpholine rings is 1. The second kappa shape index (κ2) is 10.8. The zero-order chi connectivity index (χ0) is 26.7. The van der Waals surface area contributed by atoms with E-state index in [0.29, 0.717) is 75.3 Å². The monoisotopic (exact) mass is 528 g/mol. The summed E-state index contributed by atoms with van der Waals surface area (Å²) in [6.45, 7) is 3.06. The van der Waals surface area contributed by atoms with Crippen LogP contribution in [-0.4, -0.2) is 67.4 Å². The normalized spacial score (nSPS) is 16.0. The SMILES string of the molecule is COC(=O)c1ccc(Nc2nc(N3CCOCC3)nc3c2CCN(c2ncccc2C(F)(F)F)CC3)cc1. The van der Waals surface area contributed by atoms with Gasteiger partial charge in [-0.3, -0.25) is 0 Å². The van der Waals surface area contributed by atoms with Gasteiger partial charge >= 0.3 is 12.1 Å². The quantitative estimate of drug-likeness (QED) is 0.496. The van der Waals surface area contributed by atoms with Crippen molar-refractivity contribution in [3.63, 3.8) is 0 Å². The van der Waals surface area contributed by atoms with Gasteiger partial charge in [0.05, 0.1) is 37.1 Å². The summed E-state index contributed by atoms with van der Waals surface area (Å²) in [5, 5.41) is 3.34. The molecule has 2 aliphatic heterocycles. The third-order valence-electron chi connectivity index (χ3n) is 6.59. The molecule has 4 heterocycles. The largest absolute Gasteiger partial charge is 0.465 e. The number of rotatable bonds is 5. The molecule has 0 aliphatic carbocycles. The van der Waals surface area contributed by atoms with Crippen LogP contribution < -0.4 is 15.1 Å². The highest BCUT2D eigenvalue weighted by atomic mass is 19.4. The van der Waals surface area contributed by atoms with Crippen LogP contribution in [0.25, 0.3) is 0 Å². The van der Waals surface area contributed by atoms with Crippen molar-refractivity contribution in [2.24, 2.45) is 0 Å². The van der Waals surface area contributed by atoms with E-state index in [1.54, 1.807) is 29.2 Å². The van der Waals surface area contributed by atoms with Gasteiger partial charge in [-0.2, -0.15) is 18.2 Å². The minimum Gasteiger partial charge on any atom is -0.465 e. The summed E-state index contributed by atoms with van der Waals surface area (Å²) in [4.78, 5) is 29.2. The number of hydrogen-bond donors (Lipinski definition) is 1. The van der Waals surface area contributed by atoms with Crippen LogP contribution in [0.1, 0.15) is 27.2 Å². The summed E-state index contributed by atoms with van der Waals surface area (Å²) in [5.41, 5.74) is 1.99. The highest BCUT2D eigenvalue weighted by molar-refractivity contribution is 5.89. The number of carbonyl (C=O) groups is 1. The molecular formula is C26H27F3N6O3. The Bertz CT molecular complexity index is 1300. The van der Waals surface area contributed by atoms with Crippen molar-refractivity contribution in [3.05, 3.63) is 65.0 Å². The third-order valence-corrected chi connectivity index (χ3v) is 6.59. The smallest absolute Gasteiger partial charge is 0.419 e. The first-order chi connectivity index (χ1) is 18.3. The van der Waals surface area contributed by atoms with E-state index in [-0.39, 0.29) is 5.82 Å². The molecule has 200 valence electrons. The molecule has 2 aromatic heterocycles. The van der Waals surface area contributed by atoms with E-state index >= 15 is 0 Å². The molecule has 3 aromatic rings. The third kappa shape index (κ3) is 5.49. The molecule has 9 nitrogen and oxygen atoms in total. The van der Waals surface area contributed by atoms with E-state index in [2.05, 4.69) is 10.3 Å². The molecule has 1 aromatic carbocycles. The number of hydrogen-bond acceptors (Lipinski definition) is 9. The number of pyridine rings is 1. The molecule has 12 heteroatoms. The van der Waals surface area contributed by atoms with Crippen molar-refractivity contribution < 1.29 is 27.4 Å². The van der Waals surface area contributed by atoms with Gasteiger partial charge in [-0.1, -0.05) is 0 Å². The lowest BCUT2D eigenvalue weighted by atomic mass is 10.1. The lowest BCUT2D eigenvalue weighted by molar-refractivity contribution is -0.137. The number of carbonyl (C=O) groups excluding carboxylic acids is 1. The average Bonchev–Trinajstić information content (AvgIpc) is 3.16. The Morgan fingerprint density at radius 2 is 1.74 bits per heavy atom. The molecular weight excluding hydrogens is 501 g/mol. The number of nitrogens with zero attached hydrogens (tertiary/aromatic N) is 5. The Kier molecular flexibility index (Phi) is 7.32. The lowest BCUT2D eigenvalue weighted by Gasteiger charge is -2.28. The highest BCUT2D eigenvalue weighted by Crippen LogP contribution is 2.36. The van der Waals surface area contributed by atoms with E-state index in [9.17, 15) is 18.0 Å². The predicted octanol–water partition coefficient (Wildman–Crippen LogP) is 3.86. The maximum Gasteiger partial charge on any atom is 0.419 e. The van der Waals surface area contributed by atoms with Crippen LogP contribution in [0.5, 0.6) is 0 Å². The van der Waals surface area contributed by atoms with E-state index in [1.807, 2.05) is 4.90 Å². The number of aromatic nitrogens is 3. The number of ether oxygens (including phenoxy) is 2. The zero-order valence-corrected chi connectivity index (χ0v) is 20.8. The van der Waals surface area contributed by atoms with Gasteiger partial charge in [-0.05, 0) is 42.8 Å². The van der Waals surface area contributed by atoms with Crippen molar-refractivity contribution in [1.82, 2.24) is 15.0 Å². The molecule has 2 aliphatic rings. The number of anilines is 4. The van der Waals surface area contributed by atoms with Crippen LogP contribution in [0, 0.1) is 0 Å². The molecule has 0 radical (unpaired) electrons. The number of halogens is 3. The van der Waals surface area contributed by atoms with E-state index < -0.39 is 17.7 Å². The molecule has 0 spiro atoms. The van der Waals surface area contributed by atoms with Gasteiger partial charge in [0.25, 0.3) is 0 Å². The van der Waals surface area contributed by atoms with E-state index in [0.717, 1.165) is 17.3 Å². The number of benzene rings is 1. The molecule has 5 rings (SSSR count). The predicted molar refractivity (Wildman–Crippen MR) is 135 cm³/mol. The fraction of sp³-hybridized carbons (Fsp3) is 0.385. The summed E-state index contributed by atoms with van der Waals surface area (Å²) >= 11 is 0. The number of nitrogens with one attached hydrogen (secondary N) is 1. The molecule has 0 atom stereocenters. The first kappa shape index (κ1) is 25.7. The van der Waals surface area contributed by atoms with Gasteiger partial charge in [0.1, 0.15) is 11.6 Å². The number of methoxy groups -OCH3 is 1. The van der Waals surface area contributed by atoms with Crippen LogP contribution >= 0.6 is 0 Å². The molecule has 1 fully saturated rings. The molecule has 0 bridgehead atoms. The fourth-order valence-electron chi connectivity index (χ4n) is 4.62. The van der Waals surface area contributed by atoms with Crippen LogP contribution in [0.3, 0.4) is 0 Å². The van der Waals surface area contributed by atoms with Gasteiger partial charge in [0, 0.05) is 50.0 Å². The van der Waals surface area contributed by atoms with Crippen molar-refractivity contribution in [2.75, 3.05) is 61.6 Å². The maximum absolute atomic E-state index is 13.7. The zero-order valence-electron chi connectivity index (χ0n) is 20.8. The Morgan fingerprint density at radius 3 is 2.45 bits per heavy atom. The van der Waals surface area contributed by atoms with Crippen molar-refractivity contribution in [1.29, 1.82) is 0 Å². The van der Waals surface area contributed by atoms with Gasteiger partial charge in [-0.15, -0.1) is 0 Å². The number of fused-ring (bicyclic) bond motifs is 1. The molecule has 1 saturated heterocycles.